The number of amides is 1. The maximum Gasteiger partial charge on any atom is 0.416 e. The highest BCUT2D eigenvalue weighted by Gasteiger charge is 2.35. The molecule has 1 heterocycles. The van der Waals surface area contributed by atoms with Gasteiger partial charge in [-0.1, -0.05) is 48.0 Å². The maximum absolute atomic E-state index is 14.5. The number of nitrogens with zero attached hydrogens (tertiary/aromatic N) is 4. The standard InChI is InChI=1S/C30H27ClF4N4O3/c1-37(2)28(41)22(15-20-7-3-5-9-25(20)30(33,34)35)16-24(40)18-39-29(42)38(17-21-8-4-6-10-26(21)32)27(36-39)19-11-13-23(31)14-12-19/h3-14,22H,15-18H2,1-2H3/t22-/m1/s1. The normalized spacial score (nSPS) is 12.3. The molecule has 1 aromatic heterocycles. The van der Waals surface area contributed by atoms with Crippen molar-refractivity contribution in [3.63, 3.8) is 0 Å². The smallest absolute Gasteiger partial charge is 0.349 e. The summed E-state index contributed by atoms with van der Waals surface area (Å²) in [6.45, 7) is -0.713. The molecule has 3 aromatic carbocycles. The van der Waals surface area contributed by atoms with Crippen LogP contribution in [-0.2, 0) is 35.3 Å². The van der Waals surface area contributed by atoms with E-state index < -0.39 is 53.8 Å². The summed E-state index contributed by atoms with van der Waals surface area (Å²) in [5.74, 6) is -2.59. The Hall–Kier alpha value is -4.25. The molecule has 0 aliphatic carbocycles. The highest BCUT2D eigenvalue weighted by Crippen LogP contribution is 2.33. The lowest BCUT2D eigenvalue weighted by atomic mass is 9.90. The summed E-state index contributed by atoms with van der Waals surface area (Å²) in [7, 11) is 2.89. The third-order valence-corrected chi connectivity index (χ3v) is 6.94. The fourth-order valence-electron chi connectivity index (χ4n) is 4.65. The fourth-order valence-corrected chi connectivity index (χ4v) is 4.78. The zero-order valence-electron chi connectivity index (χ0n) is 22.7. The molecular formula is C30H27ClF4N4O3. The molecule has 0 radical (unpaired) electrons. The monoisotopic (exact) mass is 602 g/mol. The van der Waals surface area contributed by atoms with E-state index in [1.807, 2.05) is 0 Å². The molecule has 0 fully saturated rings. The number of carbonyl (C=O) groups excluding carboxylic acids is 2. The van der Waals surface area contributed by atoms with Gasteiger partial charge in [-0.05, 0) is 48.4 Å². The van der Waals surface area contributed by atoms with Gasteiger partial charge in [-0.15, -0.1) is 5.10 Å². The SMILES string of the molecule is CN(C)C(=O)[C@@H](CC(=O)Cn1nc(-c2ccc(Cl)cc2)n(Cc2ccccc2F)c1=O)Cc1ccccc1C(F)(F)F. The summed E-state index contributed by atoms with van der Waals surface area (Å²) in [5, 5.41) is 4.77. The number of halogens is 5. The highest BCUT2D eigenvalue weighted by molar-refractivity contribution is 6.30. The van der Waals surface area contributed by atoms with E-state index in [0.29, 0.717) is 10.6 Å². The van der Waals surface area contributed by atoms with Crippen LogP contribution in [-0.4, -0.2) is 45.0 Å². The molecule has 4 aromatic rings. The zero-order valence-corrected chi connectivity index (χ0v) is 23.5. The van der Waals surface area contributed by atoms with Crippen molar-refractivity contribution in [2.24, 2.45) is 5.92 Å². The number of hydrogen-bond acceptors (Lipinski definition) is 4. The Bertz CT molecular complexity index is 1650. The number of benzene rings is 3. The van der Waals surface area contributed by atoms with E-state index in [-0.39, 0.29) is 29.9 Å². The number of ketones is 1. The van der Waals surface area contributed by atoms with E-state index in [2.05, 4.69) is 5.10 Å². The van der Waals surface area contributed by atoms with Crippen LogP contribution in [0.15, 0.2) is 77.6 Å². The largest absolute Gasteiger partial charge is 0.416 e. The minimum absolute atomic E-state index is 0.116. The van der Waals surface area contributed by atoms with E-state index >= 15 is 0 Å². The van der Waals surface area contributed by atoms with E-state index in [9.17, 15) is 31.9 Å². The lowest BCUT2D eigenvalue weighted by Crippen LogP contribution is -2.34. The van der Waals surface area contributed by atoms with Gasteiger partial charge in [-0.25, -0.2) is 13.9 Å². The van der Waals surface area contributed by atoms with Crippen LogP contribution in [0.25, 0.3) is 11.4 Å². The molecule has 7 nitrogen and oxygen atoms in total. The Morgan fingerprint density at radius 3 is 2.19 bits per heavy atom. The number of rotatable bonds is 10. The van der Waals surface area contributed by atoms with Crippen molar-refractivity contribution in [3.8, 4) is 11.4 Å². The van der Waals surface area contributed by atoms with Crippen molar-refractivity contribution in [2.45, 2.75) is 32.1 Å². The van der Waals surface area contributed by atoms with Crippen LogP contribution in [0.1, 0.15) is 23.1 Å². The zero-order chi connectivity index (χ0) is 30.6. The van der Waals surface area contributed by atoms with Crippen LogP contribution in [0.3, 0.4) is 0 Å². The second-order valence-electron chi connectivity index (χ2n) is 9.98. The number of Topliss-reactive ketones (excluding diaryl/α,β-unsaturated/α-hetero) is 1. The molecule has 0 spiro atoms. The molecule has 0 N–H and O–H groups in total. The van der Waals surface area contributed by atoms with E-state index in [1.165, 1.54) is 60.0 Å². The lowest BCUT2D eigenvalue weighted by molar-refractivity contribution is -0.139. The van der Waals surface area contributed by atoms with Crippen molar-refractivity contribution in [3.05, 3.63) is 111 Å². The Morgan fingerprint density at radius 1 is 0.952 bits per heavy atom. The average Bonchev–Trinajstić information content (AvgIpc) is 3.23. The Balaban J connectivity index is 1.65. The topological polar surface area (TPSA) is 77.2 Å². The first kappa shape index (κ1) is 30.7. The van der Waals surface area contributed by atoms with Crippen molar-refractivity contribution < 1.29 is 27.2 Å². The van der Waals surface area contributed by atoms with Crippen molar-refractivity contribution >= 4 is 23.3 Å². The second-order valence-corrected chi connectivity index (χ2v) is 10.4. The summed E-state index contributed by atoms with van der Waals surface area (Å²) in [6.07, 6.45) is -5.39. The van der Waals surface area contributed by atoms with Crippen LogP contribution in [0.2, 0.25) is 5.02 Å². The second kappa shape index (κ2) is 12.7. The predicted octanol–water partition coefficient (Wildman–Crippen LogP) is 5.48. The summed E-state index contributed by atoms with van der Waals surface area (Å²) in [4.78, 5) is 40.8. The Morgan fingerprint density at radius 2 is 1.57 bits per heavy atom. The Labute approximate surface area is 243 Å². The van der Waals surface area contributed by atoms with Crippen molar-refractivity contribution in [2.75, 3.05) is 14.1 Å². The third-order valence-electron chi connectivity index (χ3n) is 6.69. The van der Waals surface area contributed by atoms with Crippen molar-refractivity contribution in [1.82, 2.24) is 19.2 Å². The van der Waals surface area contributed by atoms with Gasteiger partial charge in [0.15, 0.2) is 11.6 Å². The molecule has 0 unspecified atom stereocenters. The van der Waals surface area contributed by atoms with Gasteiger partial charge >= 0.3 is 11.9 Å². The Kier molecular flexibility index (Phi) is 9.30. The summed E-state index contributed by atoms with van der Waals surface area (Å²) in [5.41, 5.74) is -0.988. The van der Waals surface area contributed by atoms with Gasteiger partial charge in [0.25, 0.3) is 0 Å². The first-order valence-corrected chi connectivity index (χ1v) is 13.3. The van der Waals surface area contributed by atoms with Crippen LogP contribution >= 0.6 is 11.6 Å². The molecule has 0 aliphatic heterocycles. The van der Waals surface area contributed by atoms with Gasteiger partial charge in [0.1, 0.15) is 12.4 Å². The molecule has 0 saturated heterocycles. The average molecular weight is 603 g/mol. The minimum Gasteiger partial charge on any atom is -0.349 e. The molecule has 0 saturated carbocycles. The van der Waals surface area contributed by atoms with Crippen LogP contribution < -0.4 is 5.69 Å². The van der Waals surface area contributed by atoms with E-state index in [4.69, 9.17) is 11.6 Å². The van der Waals surface area contributed by atoms with Gasteiger partial charge in [0.05, 0.1) is 12.1 Å². The molecule has 42 heavy (non-hydrogen) atoms. The highest BCUT2D eigenvalue weighted by atomic mass is 35.5. The van der Waals surface area contributed by atoms with Crippen LogP contribution in [0.5, 0.6) is 0 Å². The third kappa shape index (κ3) is 7.14. The fraction of sp³-hybridized carbons (Fsp3) is 0.267. The van der Waals surface area contributed by atoms with Gasteiger partial charge in [0, 0.05) is 42.6 Å². The summed E-state index contributed by atoms with van der Waals surface area (Å²) >= 11 is 6.00. The minimum atomic E-state index is -4.64. The quantitative estimate of drug-likeness (QED) is 0.225. The summed E-state index contributed by atoms with van der Waals surface area (Å²) in [6, 6.07) is 17.2. The maximum atomic E-state index is 14.5. The van der Waals surface area contributed by atoms with Gasteiger partial charge in [0.2, 0.25) is 5.91 Å². The molecule has 4 rings (SSSR count). The molecular weight excluding hydrogens is 576 g/mol. The van der Waals surface area contributed by atoms with Crippen LogP contribution in [0.4, 0.5) is 17.6 Å². The van der Waals surface area contributed by atoms with Gasteiger partial charge in [-0.2, -0.15) is 13.2 Å². The first-order chi connectivity index (χ1) is 19.8. The van der Waals surface area contributed by atoms with Gasteiger partial charge < -0.3 is 4.90 Å². The van der Waals surface area contributed by atoms with Crippen molar-refractivity contribution in [1.29, 1.82) is 0 Å². The number of hydrogen-bond donors (Lipinski definition) is 0. The molecule has 220 valence electrons. The first-order valence-electron chi connectivity index (χ1n) is 12.9. The number of carbonyl (C=O) groups is 2. The van der Waals surface area contributed by atoms with Crippen LogP contribution in [0, 0.1) is 11.7 Å². The number of aromatic nitrogens is 3. The van der Waals surface area contributed by atoms with E-state index in [0.717, 1.165) is 10.7 Å². The molecule has 12 heteroatoms. The summed E-state index contributed by atoms with van der Waals surface area (Å²) < 4.78 is 57.4. The lowest BCUT2D eigenvalue weighted by Gasteiger charge is -2.22. The molecule has 0 bridgehead atoms. The predicted molar refractivity (Wildman–Crippen MR) is 149 cm³/mol. The molecule has 1 atom stereocenters. The number of alkyl halides is 3. The molecule has 1 amide bonds. The van der Waals surface area contributed by atoms with E-state index in [1.54, 1.807) is 30.3 Å². The van der Waals surface area contributed by atoms with Gasteiger partial charge in [-0.3, -0.25) is 14.2 Å². The molecule has 0 aliphatic rings.